The average molecular weight is 287 g/mol. The molecule has 0 aliphatic rings. The lowest BCUT2D eigenvalue weighted by Gasteiger charge is -2.01. The Morgan fingerprint density at radius 3 is 2.95 bits per heavy atom. The number of carbonyl (C=O) groups is 1. The first-order valence-electron chi connectivity index (χ1n) is 6.09. The van der Waals surface area contributed by atoms with Crippen molar-refractivity contribution in [3.8, 4) is 17.2 Å². The minimum atomic E-state index is -0.724. The molecule has 1 N–H and O–H groups in total. The first-order chi connectivity index (χ1) is 10.1. The maximum Gasteiger partial charge on any atom is 0.367 e. The fraction of sp³-hybridized carbons (Fsp3) is 0.0714. The van der Waals surface area contributed by atoms with Crippen molar-refractivity contribution in [2.75, 3.05) is 0 Å². The molecule has 0 aliphatic carbocycles. The number of H-pyrrole nitrogens is 1. The molecule has 0 radical (unpaired) electrons. The summed E-state index contributed by atoms with van der Waals surface area (Å²) >= 11 is 0. The number of rotatable bonds is 3. The lowest BCUT2D eigenvalue weighted by Crippen LogP contribution is -2.10. The summed E-state index contributed by atoms with van der Waals surface area (Å²) in [5, 5.41) is 6.24. The first-order valence-corrected chi connectivity index (χ1v) is 6.09. The summed E-state index contributed by atoms with van der Waals surface area (Å²) in [6, 6.07) is 7.19. The Labute approximate surface area is 118 Å². The predicted octanol–water partition coefficient (Wildman–Crippen LogP) is 2.73. The molecule has 3 aromatic rings. The van der Waals surface area contributed by atoms with E-state index in [2.05, 4.69) is 15.2 Å². The summed E-state index contributed by atoms with van der Waals surface area (Å²) < 4.78 is 23.7. The highest BCUT2D eigenvalue weighted by Gasteiger charge is 2.22. The molecule has 0 amide bonds. The summed E-state index contributed by atoms with van der Waals surface area (Å²) in [6.45, 7) is 1.59. The highest BCUT2D eigenvalue weighted by Crippen LogP contribution is 2.26. The van der Waals surface area contributed by atoms with Crippen LogP contribution in [0, 0.1) is 12.7 Å². The van der Waals surface area contributed by atoms with Crippen LogP contribution in [0.4, 0.5) is 4.39 Å². The van der Waals surface area contributed by atoms with Gasteiger partial charge in [0, 0.05) is 24.8 Å². The Hall–Kier alpha value is -2.96. The summed E-state index contributed by atoms with van der Waals surface area (Å²) in [7, 11) is 0. The molecule has 2 aromatic heterocycles. The van der Waals surface area contributed by atoms with Crippen molar-refractivity contribution in [1.29, 1.82) is 0 Å². The standard InChI is InChI=1S/C14H10FN3O3/c1-8-17-12(14(19)21-11-5-6-16-18-11)13(20-8)9-3-2-4-10(15)7-9/h2-7H,1H3,(H,16,18). The highest BCUT2D eigenvalue weighted by molar-refractivity contribution is 5.94. The van der Waals surface area contributed by atoms with Gasteiger partial charge in [0.05, 0.1) is 0 Å². The van der Waals surface area contributed by atoms with Gasteiger partial charge >= 0.3 is 5.97 Å². The van der Waals surface area contributed by atoms with Crippen LogP contribution in [0.15, 0.2) is 40.9 Å². The molecular formula is C14H10FN3O3. The normalized spacial score (nSPS) is 10.6. The van der Waals surface area contributed by atoms with E-state index in [1.807, 2.05) is 0 Å². The Bertz CT molecular complexity index is 781. The molecule has 2 heterocycles. The second kappa shape index (κ2) is 5.20. The molecule has 0 bridgehead atoms. The van der Waals surface area contributed by atoms with Crippen molar-refractivity contribution in [1.82, 2.24) is 15.2 Å². The fourth-order valence-corrected chi connectivity index (χ4v) is 1.84. The summed E-state index contributed by atoms with van der Waals surface area (Å²) in [5.41, 5.74) is 0.380. The molecule has 7 heteroatoms. The SMILES string of the molecule is Cc1nc(C(=O)Oc2cc[nH]n2)c(-c2cccc(F)c2)o1. The van der Waals surface area contributed by atoms with Gasteiger partial charge in [0.1, 0.15) is 5.82 Å². The van der Waals surface area contributed by atoms with Crippen LogP contribution in [0.25, 0.3) is 11.3 Å². The van der Waals surface area contributed by atoms with Crippen LogP contribution in [0.1, 0.15) is 16.4 Å². The van der Waals surface area contributed by atoms with Gasteiger partial charge in [-0.25, -0.2) is 14.2 Å². The fourth-order valence-electron chi connectivity index (χ4n) is 1.84. The molecule has 0 aliphatic heterocycles. The molecule has 0 saturated carbocycles. The van der Waals surface area contributed by atoms with E-state index in [9.17, 15) is 9.18 Å². The number of aryl methyl sites for hydroxylation is 1. The number of aromatic nitrogens is 3. The zero-order valence-corrected chi connectivity index (χ0v) is 11.0. The highest BCUT2D eigenvalue weighted by atomic mass is 19.1. The molecule has 3 rings (SSSR count). The largest absolute Gasteiger partial charge is 0.440 e. The lowest BCUT2D eigenvalue weighted by atomic mass is 10.1. The molecule has 106 valence electrons. The van der Waals surface area contributed by atoms with Crippen LogP contribution in [-0.2, 0) is 0 Å². The van der Waals surface area contributed by atoms with Gasteiger partial charge in [-0.2, -0.15) is 0 Å². The van der Waals surface area contributed by atoms with Gasteiger partial charge in [-0.3, -0.25) is 5.10 Å². The second-order valence-electron chi connectivity index (χ2n) is 4.22. The molecule has 0 saturated heterocycles. The van der Waals surface area contributed by atoms with E-state index in [1.54, 1.807) is 13.0 Å². The van der Waals surface area contributed by atoms with Gasteiger partial charge in [-0.05, 0) is 12.1 Å². The van der Waals surface area contributed by atoms with E-state index >= 15 is 0 Å². The van der Waals surface area contributed by atoms with E-state index in [-0.39, 0.29) is 23.2 Å². The van der Waals surface area contributed by atoms with Crippen LogP contribution in [0.5, 0.6) is 5.88 Å². The van der Waals surface area contributed by atoms with E-state index in [0.29, 0.717) is 5.56 Å². The minimum Gasteiger partial charge on any atom is -0.440 e. The minimum absolute atomic E-state index is 0.0268. The quantitative estimate of drug-likeness (QED) is 0.749. The van der Waals surface area contributed by atoms with E-state index < -0.39 is 11.8 Å². The Balaban J connectivity index is 1.97. The zero-order chi connectivity index (χ0) is 14.8. The summed E-state index contributed by atoms with van der Waals surface area (Å²) in [4.78, 5) is 16.1. The lowest BCUT2D eigenvalue weighted by molar-refractivity contribution is 0.0722. The maximum atomic E-state index is 13.3. The Morgan fingerprint density at radius 2 is 2.24 bits per heavy atom. The van der Waals surface area contributed by atoms with Crippen molar-refractivity contribution in [3.63, 3.8) is 0 Å². The number of halogens is 1. The monoisotopic (exact) mass is 287 g/mol. The average Bonchev–Trinajstić information content (AvgIpc) is 3.08. The summed E-state index contributed by atoms with van der Waals surface area (Å²) in [5.74, 6) is -0.604. The molecule has 21 heavy (non-hydrogen) atoms. The number of benzene rings is 1. The van der Waals surface area contributed by atoms with E-state index in [4.69, 9.17) is 9.15 Å². The first kappa shape index (κ1) is 13.0. The number of nitrogens with zero attached hydrogens (tertiary/aromatic N) is 2. The van der Waals surface area contributed by atoms with E-state index in [0.717, 1.165) is 0 Å². The zero-order valence-electron chi connectivity index (χ0n) is 11.0. The summed E-state index contributed by atoms with van der Waals surface area (Å²) in [6.07, 6.45) is 1.52. The smallest absolute Gasteiger partial charge is 0.367 e. The van der Waals surface area contributed by atoms with Gasteiger partial charge in [0.25, 0.3) is 0 Å². The van der Waals surface area contributed by atoms with Crippen LogP contribution < -0.4 is 4.74 Å². The van der Waals surface area contributed by atoms with Crippen molar-refractivity contribution >= 4 is 5.97 Å². The number of aromatic amines is 1. The molecule has 6 nitrogen and oxygen atoms in total. The number of hydrogen-bond acceptors (Lipinski definition) is 5. The van der Waals surface area contributed by atoms with Gasteiger partial charge < -0.3 is 9.15 Å². The topological polar surface area (TPSA) is 81.0 Å². The van der Waals surface area contributed by atoms with Crippen molar-refractivity contribution < 1.29 is 18.3 Å². The molecule has 1 aromatic carbocycles. The van der Waals surface area contributed by atoms with Crippen LogP contribution in [0.3, 0.4) is 0 Å². The number of oxazole rings is 1. The number of carbonyl (C=O) groups excluding carboxylic acids is 1. The van der Waals surface area contributed by atoms with Gasteiger partial charge in [0.15, 0.2) is 17.3 Å². The van der Waals surface area contributed by atoms with Crippen LogP contribution in [-0.4, -0.2) is 21.2 Å². The van der Waals surface area contributed by atoms with E-state index in [1.165, 1.54) is 30.5 Å². The number of ether oxygens (including phenoxy) is 1. The van der Waals surface area contributed by atoms with Crippen LogP contribution >= 0.6 is 0 Å². The molecular weight excluding hydrogens is 277 g/mol. The van der Waals surface area contributed by atoms with Gasteiger partial charge in [-0.1, -0.05) is 12.1 Å². The van der Waals surface area contributed by atoms with Gasteiger partial charge in [-0.15, -0.1) is 5.10 Å². The molecule has 0 unspecified atom stereocenters. The third-order valence-corrected chi connectivity index (χ3v) is 2.69. The van der Waals surface area contributed by atoms with Gasteiger partial charge in [0.2, 0.25) is 5.88 Å². The third-order valence-electron chi connectivity index (χ3n) is 2.69. The second-order valence-corrected chi connectivity index (χ2v) is 4.22. The maximum absolute atomic E-state index is 13.3. The van der Waals surface area contributed by atoms with Crippen molar-refractivity contribution in [2.45, 2.75) is 6.92 Å². The Morgan fingerprint density at radius 1 is 1.38 bits per heavy atom. The molecule has 0 atom stereocenters. The number of esters is 1. The number of nitrogens with one attached hydrogen (secondary N) is 1. The number of hydrogen-bond donors (Lipinski definition) is 1. The molecule has 0 spiro atoms. The third kappa shape index (κ3) is 2.66. The Kier molecular flexibility index (Phi) is 3.23. The molecule has 0 fully saturated rings. The van der Waals surface area contributed by atoms with Crippen molar-refractivity contribution in [3.05, 3.63) is 53.9 Å². The predicted molar refractivity (Wildman–Crippen MR) is 70.2 cm³/mol. The van der Waals surface area contributed by atoms with Crippen LogP contribution in [0.2, 0.25) is 0 Å². The van der Waals surface area contributed by atoms with Crippen molar-refractivity contribution in [2.24, 2.45) is 0 Å².